The zero-order chi connectivity index (χ0) is 26.8. The maximum Gasteiger partial charge on any atom is 0.229 e. The fraction of sp³-hybridized carbons (Fsp3) is 0.533. The minimum Gasteiger partial charge on any atom is -0.361 e. The van der Waals surface area contributed by atoms with E-state index in [2.05, 4.69) is 40.5 Å². The molecule has 1 amide bonds. The van der Waals surface area contributed by atoms with Gasteiger partial charge in [0.2, 0.25) is 5.91 Å². The number of nitrogens with one attached hydrogen (secondary N) is 1. The molecular formula is C30H39ClN4O2S. The standard InChI is InChI=1S/C30H39ClN4O2S/c1-29(2,3)27(36)35-18-14-30(37-21-35,23-7-5-4-6-8-23)13-17-34-15-11-22(12-16-34)20-32-28-33-25-10-9-24(31)19-26(25)38-28/h4-10,19,22H,11-18,20-21H2,1-3H3,(H,32,33). The quantitative estimate of drug-likeness (QED) is 0.356. The lowest BCUT2D eigenvalue weighted by Gasteiger charge is -2.45. The summed E-state index contributed by atoms with van der Waals surface area (Å²) in [5.74, 6) is 0.803. The van der Waals surface area contributed by atoms with Crippen molar-refractivity contribution < 1.29 is 9.53 Å². The monoisotopic (exact) mass is 554 g/mol. The van der Waals surface area contributed by atoms with E-state index in [0.29, 0.717) is 12.6 Å². The van der Waals surface area contributed by atoms with E-state index in [1.165, 1.54) is 18.4 Å². The van der Waals surface area contributed by atoms with Gasteiger partial charge >= 0.3 is 0 Å². The van der Waals surface area contributed by atoms with E-state index in [-0.39, 0.29) is 11.5 Å². The fourth-order valence-corrected chi connectivity index (χ4v) is 6.71. The predicted octanol–water partition coefficient (Wildman–Crippen LogP) is 6.61. The van der Waals surface area contributed by atoms with Crippen LogP contribution in [-0.2, 0) is 15.1 Å². The van der Waals surface area contributed by atoms with Crippen molar-refractivity contribution in [2.75, 3.05) is 44.8 Å². The third-order valence-electron chi connectivity index (χ3n) is 7.94. The average Bonchev–Trinajstić information content (AvgIpc) is 3.33. The van der Waals surface area contributed by atoms with Crippen LogP contribution in [0.25, 0.3) is 10.2 Å². The molecule has 2 aliphatic rings. The van der Waals surface area contributed by atoms with Crippen LogP contribution in [0, 0.1) is 11.3 Å². The molecule has 6 nitrogen and oxygen atoms in total. The molecule has 2 fully saturated rings. The summed E-state index contributed by atoms with van der Waals surface area (Å²) in [6.45, 7) is 11.2. The second-order valence-corrected chi connectivity index (χ2v) is 13.2. The number of anilines is 1. The van der Waals surface area contributed by atoms with Crippen LogP contribution in [-0.4, -0.2) is 60.1 Å². The summed E-state index contributed by atoms with van der Waals surface area (Å²) in [7, 11) is 0. The summed E-state index contributed by atoms with van der Waals surface area (Å²) in [6, 6.07) is 16.4. The molecular weight excluding hydrogens is 516 g/mol. The van der Waals surface area contributed by atoms with E-state index in [9.17, 15) is 4.79 Å². The van der Waals surface area contributed by atoms with Gasteiger partial charge in [0.05, 0.1) is 15.8 Å². The maximum absolute atomic E-state index is 12.8. The molecule has 8 heteroatoms. The van der Waals surface area contributed by atoms with E-state index in [1.54, 1.807) is 11.3 Å². The molecule has 0 spiro atoms. The number of amides is 1. The van der Waals surface area contributed by atoms with E-state index >= 15 is 0 Å². The Morgan fingerprint density at radius 3 is 2.61 bits per heavy atom. The summed E-state index contributed by atoms with van der Waals surface area (Å²) < 4.78 is 7.69. The van der Waals surface area contributed by atoms with Crippen LogP contribution in [0.1, 0.15) is 52.0 Å². The first-order valence-electron chi connectivity index (χ1n) is 13.7. The molecule has 0 aliphatic carbocycles. The molecule has 3 aromatic rings. The van der Waals surface area contributed by atoms with Gasteiger partial charge in [-0.05, 0) is 68.5 Å². The first-order chi connectivity index (χ1) is 18.2. The average molecular weight is 555 g/mol. The van der Waals surface area contributed by atoms with E-state index in [1.807, 2.05) is 43.9 Å². The van der Waals surface area contributed by atoms with Crippen LogP contribution in [0.4, 0.5) is 5.13 Å². The lowest BCUT2D eigenvalue weighted by molar-refractivity contribution is -0.175. The van der Waals surface area contributed by atoms with Crippen LogP contribution < -0.4 is 5.32 Å². The highest BCUT2D eigenvalue weighted by molar-refractivity contribution is 7.22. The van der Waals surface area contributed by atoms with Crippen LogP contribution >= 0.6 is 22.9 Å². The van der Waals surface area contributed by atoms with Crippen molar-refractivity contribution in [2.24, 2.45) is 11.3 Å². The molecule has 2 aromatic carbocycles. The number of carbonyl (C=O) groups is 1. The van der Waals surface area contributed by atoms with Gasteiger partial charge in [0.1, 0.15) is 6.73 Å². The maximum atomic E-state index is 12.8. The molecule has 5 rings (SSSR count). The topological polar surface area (TPSA) is 57.7 Å². The zero-order valence-corrected chi connectivity index (χ0v) is 24.3. The SMILES string of the molecule is CC(C)(C)C(=O)N1CCC(CCN2CCC(CNc3nc4ccc(Cl)cc4s3)CC2)(c2ccccc2)OC1. The number of thiazole rings is 1. The summed E-state index contributed by atoms with van der Waals surface area (Å²) in [5, 5.41) is 5.29. The van der Waals surface area contributed by atoms with Gasteiger partial charge < -0.3 is 19.9 Å². The van der Waals surface area contributed by atoms with E-state index < -0.39 is 5.41 Å². The second kappa shape index (κ2) is 11.5. The highest BCUT2D eigenvalue weighted by Crippen LogP contribution is 2.38. The number of fused-ring (bicyclic) bond motifs is 1. The number of rotatable bonds is 7. The third kappa shape index (κ3) is 6.33. The Balaban J connectivity index is 1.13. The summed E-state index contributed by atoms with van der Waals surface area (Å²) in [4.78, 5) is 22.0. The number of hydrogen-bond donors (Lipinski definition) is 1. The van der Waals surface area contributed by atoms with Crippen molar-refractivity contribution in [3.05, 3.63) is 59.1 Å². The number of halogens is 1. The number of piperidine rings is 1. The molecule has 0 saturated carbocycles. The Bertz CT molecular complexity index is 1230. The van der Waals surface area contributed by atoms with Crippen LogP contribution in [0.2, 0.25) is 5.02 Å². The number of likely N-dealkylation sites (tertiary alicyclic amines) is 1. The van der Waals surface area contributed by atoms with Crippen molar-refractivity contribution in [3.63, 3.8) is 0 Å². The third-order valence-corrected chi connectivity index (χ3v) is 9.15. The zero-order valence-electron chi connectivity index (χ0n) is 22.7. The molecule has 3 heterocycles. The van der Waals surface area contributed by atoms with E-state index in [4.69, 9.17) is 21.3 Å². The molecule has 1 atom stereocenters. The Kier molecular flexibility index (Phi) is 8.29. The van der Waals surface area contributed by atoms with Gasteiger partial charge in [0, 0.05) is 30.1 Å². The number of hydrogen-bond acceptors (Lipinski definition) is 6. The molecule has 0 bridgehead atoms. The summed E-state index contributed by atoms with van der Waals surface area (Å²) in [5.41, 5.74) is 1.49. The molecule has 2 saturated heterocycles. The molecule has 1 N–H and O–H groups in total. The highest BCUT2D eigenvalue weighted by atomic mass is 35.5. The van der Waals surface area contributed by atoms with Gasteiger partial charge in [-0.1, -0.05) is 74.0 Å². The Labute approximate surface area is 235 Å². The van der Waals surface area contributed by atoms with Crippen LogP contribution in [0.15, 0.2) is 48.5 Å². The van der Waals surface area contributed by atoms with Gasteiger partial charge in [-0.2, -0.15) is 0 Å². The first-order valence-corrected chi connectivity index (χ1v) is 14.9. The van der Waals surface area contributed by atoms with Crippen molar-refractivity contribution in [1.82, 2.24) is 14.8 Å². The molecule has 0 radical (unpaired) electrons. The van der Waals surface area contributed by atoms with Gasteiger partial charge in [-0.3, -0.25) is 4.79 Å². The predicted molar refractivity (Wildman–Crippen MR) is 157 cm³/mol. The van der Waals surface area contributed by atoms with Gasteiger partial charge in [0.25, 0.3) is 0 Å². The summed E-state index contributed by atoms with van der Waals surface area (Å²) in [6.07, 6.45) is 4.12. The Morgan fingerprint density at radius 1 is 1.16 bits per heavy atom. The first kappa shape index (κ1) is 27.4. The number of aromatic nitrogens is 1. The van der Waals surface area contributed by atoms with Crippen molar-refractivity contribution in [2.45, 2.75) is 52.1 Å². The lowest BCUT2D eigenvalue weighted by atomic mass is 9.84. The van der Waals surface area contributed by atoms with Crippen molar-refractivity contribution >= 4 is 44.2 Å². The van der Waals surface area contributed by atoms with Gasteiger partial charge in [0.15, 0.2) is 5.13 Å². The smallest absolute Gasteiger partial charge is 0.229 e. The minimum atomic E-state index is -0.393. The van der Waals surface area contributed by atoms with Gasteiger partial charge in [-0.15, -0.1) is 0 Å². The molecule has 1 unspecified atom stereocenters. The van der Waals surface area contributed by atoms with Crippen molar-refractivity contribution in [1.29, 1.82) is 0 Å². The molecule has 38 heavy (non-hydrogen) atoms. The van der Waals surface area contributed by atoms with Crippen molar-refractivity contribution in [3.8, 4) is 0 Å². The Hall–Kier alpha value is -2.19. The molecule has 204 valence electrons. The number of benzene rings is 2. The summed E-state index contributed by atoms with van der Waals surface area (Å²) >= 11 is 7.79. The molecule has 1 aromatic heterocycles. The van der Waals surface area contributed by atoms with Gasteiger partial charge in [-0.25, -0.2) is 4.98 Å². The second-order valence-electron chi connectivity index (χ2n) is 11.7. The number of ether oxygens (including phenoxy) is 1. The normalized spacial score (nSPS) is 21.6. The number of nitrogens with zero attached hydrogens (tertiary/aromatic N) is 3. The Morgan fingerprint density at radius 2 is 1.92 bits per heavy atom. The van der Waals surface area contributed by atoms with Crippen LogP contribution in [0.3, 0.4) is 0 Å². The fourth-order valence-electron chi connectivity index (χ4n) is 5.56. The minimum absolute atomic E-state index is 0.157. The lowest BCUT2D eigenvalue weighted by Crippen LogP contribution is -2.51. The molecule has 2 aliphatic heterocycles. The van der Waals surface area contributed by atoms with E-state index in [0.717, 1.165) is 65.9 Å². The highest BCUT2D eigenvalue weighted by Gasteiger charge is 2.40. The largest absolute Gasteiger partial charge is 0.361 e. The van der Waals surface area contributed by atoms with Crippen LogP contribution in [0.5, 0.6) is 0 Å². The number of carbonyl (C=O) groups excluding carboxylic acids is 1.